The minimum absolute atomic E-state index is 0.199. The number of nitrogens with one attached hydrogen (secondary N) is 2. The zero-order valence-corrected chi connectivity index (χ0v) is 46.0. The average Bonchev–Trinajstić information content (AvgIpc) is 4.15. The molecule has 2 aliphatic rings. The van der Waals surface area contributed by atoms with E-state index in [0.29, 0.717) is 83.1 Å². The highest BCUT2D eigenvalue weighted by atomic mass is 32.1. The first kappa shape index (κ1) is 59.6. The maximum Gasteiger partial charge on any atom is 0.115 e. The van der Waals surface area contributed by atoms with E-state index in [2.05, 4.69) is 110 Å². The standard InChI is InChI=1S/2C13H19NO.C13H17NS.C12H19NO.C11H17NO/c2*1-9(2)13-12(7-8-14-13)10-3-5-11(15)6-4-10;1-9(2)12(14)7-10-8-15-13-6-4-3-5-11(10)13;1-9(2)3-4-10-5-6-12(14)7-11(10)8-13;1-8(2)11(12)7-9-3-5-10(13)6-4-9/h2*3-6,9,12-15H,7-8H2,1-2H3;3-6,8-9,12H,7,14H2,1-2H3;5-7,9,14H,3-4,8,13H2,1-2H3;3-6,8,11,13H,7,12H2,1-2H3/t2*12-,13?;;;/m10.../s1. The van der Waals surface area contributed by atoms with Gasteiger partial charge in [0.15, 0.2) is 0 Å². The predicted octanol–water partition coefficient (Wildman–Crippen LogP) is 12.8. The highest BCUT2D eigenvalue weighted by Crippen LogP contribution is 2.34. The second-order valence-corrected chi connectivity index (χ2v) is 22.6. The molecule has 8 rings (SSSR count). The van der Waals surface area contributed by atoms with Crippen LogP contribution >= 0.6 is 11.3 Å². The Bertz CT molecular complexity index is 2350. The van der Waals surface area contributed by atoms with Crippen molar-refractivity contribution >= 4 is 21.4 Å². The molecule has 0 radical (unpaired) electrons. The topological polar surface area (TPSA) is 183 Å². The lowest BCUT2D eigenvalue weighted by Gasteiger charge is -2.23. The van der Waals surface area contributed by atoms with Gasteiger partial charge in [-0.05, 0) is 180 Å². The van der Waals surface area contributed by atoms with Gasteiger partial charge in [-0.1, -0.05) is 130 Å². The Morgan fingerprint density at radius 3 is 1.46 bits per heavy atom. The molecule has 0 aliphatic carbocycles. The van der Waals surface area contributed by atoms with Crippen LogP contribution in [0.25, 0.3) is 10.1 Å². The first-order chi connectivity index (χ1) is 34.3. The molecule has 1 aromatic heterocycles. The van der Waals surface area contributed by atoms with E-state index in [-0.39, 0.29) is 12.1 Å². The van der Waals surface area contributed by atoms with Crippen molar-refractivity contribution in [2.45, 2.75) is 150 Å². The van der Waals surface area contributed by atoms with E-state index >= 15 is 0 Å². The molecule has 3 heterocycles. The summed E-state index contributed by atoms with van der Waals surface area (Å²) in [5.41, 5.74) is 25.2. The fraction of sp³-hybridized carbons (Fsp3) is 0.484. The van der Waals surface area contributed by atoms with Crippen LogP contribution in [0.15, 0.2) is 121 Å². The van der Waals surface area contributed by atoms with E-state index in [1.165, 1.54) is 50.7 Å². The van der Waals surface area contributed by atoms with E-state index in [1.54, 1.807) is 48.5 Å². The van der Waals surface area contributed by atoms with Crippen LogP contribution in [0.4, 0.5) is 0 Å². The molecule has 0 saturated carbocycles. The first-order valence-corrected chi connectivity index (χ1v) is 27.4. The number of nitrogens with two attached hydrogens (primary N) is 3. The van der Waals surface area contributed by atoms with Crippen molar-refractivity contribution in [3.8, 4) is 23.0 Å². The molecule has 6 aromatic rings. The summed E-state index contributed by atoms with van der Waals surface area (Å²) in [5, 5.41) is 47.6. The maximum absolute atomic E-state index is 9.29. The van der Waals surface area contributed by atoms with E-state index in [4.69, 9.17) is 22.3 Å². The first-order valence-electron chi connectivity index (χ1n) is 26.6. The fourth-order valence-electron chi connectivity index (χ4n) is 9.36. The molecule has 394 valence electrons. The minimum Gasteiger partial charge on any atom is -0.508 e. The van der Waals surface area contributed by atoms with Crippen molar-refractivity contribution in [3.63, 3.8) is 0 Å². The van der Waals surface area contributed by atoms with Crippen LogP contribution in [0, 0.1) is 29.6 Å². The molecule has 4 unspecified atom stereocenters. The monoisotopic (exact) mass is 1000 g/mol. The summed E-state index contributed by atoms with van der Waals surface area (Å²) < 4.78 is 1.36. The Morgan fingerprint density at radius 2 is 1.00 bits per heavy atom. The molecule has 0 bridgehead atoms. The number of hydrogen-bond acceptors (Lipinski definition) is 10. The number of hydrogen-bond donors (Lipinski definition) is 9. The van der Waals surface area contributed by atoms with E-state index in [1.807, 2.05) is 53.8 Å². The van der Waals surface area contributed by atoms with Crippen molar-refractivity contribution in [2.75, 3.05) is 13.1 Å². The number of thiophene rings is 1. The largest absolute Gasteiger partial charge is 0.508 e. The number of fused-ring (bicyclic) bond motifs is 1. The molecule has 0 amide bonds. The molecule has 6 atom stereocenters. The van der Waals surface area contributed by atoms with Gasteiger partial charge in [-0.25, -0.2) is 0 Å². The molecule has 9 nitrogen and oxygen atoms in total. The highest BCUT2D eigenvalue weighted by Gasteiger charge is 2.31. The van der Waals surface area contributed by atoms with Gasteiger partial charge < -0.3 is 48.3 Å². The van der Waals surface area contributed by atoms with Crippen LogP contribution in [0.3, 0.4) is 0 Å². The van der Waals surface area contributed by atoms with Gasteiger partial charge in [0.25, 0.3) is 0 Å². The van der Waals surface area contributed by atoms with Crippen molar-refractivity contribution < 1.29 is 20.4 Å². The van der Waals surface area contributed by atoms with Gasteiger partial charge in [-0.2, -0.15) is 0 Å². The van der Waals surface area contributed by atoms with E-state index in [9.17, 15) is 15.3 Å². The number of phenols is 4. The van der Waals surface area contributed by atoms with Gasteiger partial charge in [-0.15, -0.1) is 11.3 Å². The number of aromatic hydroxyl groups is 4. The third-order valence-electron chi connectivity index (χ3n) is 14.2. The van der Waals surface area contributed by atoms with Gasteiger partial charge in [0.2, 0.25) is 0 Å². The fourth-order valence-corrected chi connectivity index (χ4v) is 10.3. The van der Waals surface area contributed by atoms with Gasteiger partial charge in [-0.3, -0.25) is 0 Å². The molecule has 2 saturated heterocycles. The van der Waals surface area contributed by atoms with Gasteiger partial charge in [0.1, 0.15) is 23.0 Å². The lowest BCUT2D eigenvalue weighted by atomic mass is 9.86. The SMILES string of the molecule is CC(C)C(N)Cc1ccc(O)cc1.CC(C)C(N)Cc1csc2ccccc12.CC(C)C1NCC[C@@H]1c1ccc(O)cc1.CC(C)C1NCC[C@H]1c1ccc(O)cc1.CC(C)CCc1ccc(O)cc1CN. The summed E-state index contributed by atoms with van der Waals surface area (Å²) in [6.07, 6.45) is 6.48. The Labute approximate surface area is 437 Å². The van der Waals surface area contributed by atoms with Crippen molar-refractivity contribution in [2.24, 2.45) is 46.8 Å². The molecule has 72 heavy (non-hydrogen) atoms. The number of rotatable bonds is 14. The average molecular weight is 1000 g/mol. The van der Waals surface area contributed by atoms with Crippen LogP contribution < -0.4 is 27.8 Å². The summed E-state index contributed by atoms with van der Waals surface area (Å²) in [6.45, 7) is 24.8. The second-order valence-electron chi connectivity index (χ2n) is 21.7. The Morgan fingerprint density at radius 1 is 0.542 bits per heavy atom. The maximum atomic E-state index is 9.29. The molecule has 2 aliphatic heterocycles. The number of phenolic OH excluding ortho intramolecular Hbond substituents is 4. The Balaban J connectivity index is 0.000000196. The second kappa shape index (κ2) is 30.3. The summed E-state index contributed by atoms with van der Waals surface area (Å²) in [6, 6.07) is 38.2. The molecule has 12 N–H and O–H groups in total. The lowest BCUT2D eigenvalue weighted by Crippen LogP contribution is -2.31. The zero-order chi connectivity index (χ0) is 52.9. The van der Waals surface area contributed by atoms with Crippen molar-refractivity contribution in [1.82, 2.24) is 10.6 Å². The molecule has 10 heteroatoms. The van der Waals surface area contributed by atoms with Crippen LogP contribution in [0.5, 0.6) is 23.0 Å². The van der Waals surface area contributed by atoms with Crippen LogP contribution in [-0.4, -0.2) is 57.7 Å². The number of aryl methyl sites for hydroxylation is 1. The quantitative estimate of drug-likeness (QED) is 0.0513. The Hall–Kier alpha value is -4.94. The third kappa shape index (κ3) is 19.5. The van der Waals surface area contributed by atoms with Crippen molar-refractivity contribution in [1.29, 1.82) is 0 Å². The van der Waals surface area contributed by atoms with Gasteiger partial charge in [0, 0.05) is 47.2 Å². The Kier molecular flexibility index (Phi) is 25.1. The van der Waals surface area contributed by atoms with Gasteiger partial charge >= 0.3 is 0 Å². The smallest absolute Gasteiger partial charge is 0.115 e. The highest BCUT2D eigenvalue weighted by molar-refractivity contribution is 7.17. The summed E-state index contributed by atoms with van der Waals surface area (Å²) in [4.78, 5) is 0. The zero-order valence-electron chi connectivity index (χ0n) is 45.2. The van der Waals surface area contributed by atoms with Crippen LogP contribution in [0.2, 0.25) is 0 Å². The number of benzene rings is 5. The molecular weight excluding hydrogens is 911 g/mol. The third-order valence-corrected chi connectivity index (χ3v) is 15.2. The molecule has 5 aromatic carbocycles. The van der Waals surface area contributed by atoms with Crippen molar-refractivity contribution in [3.05, 3.63) is 154 Å². The summed E-state index contributed by atoms with van der Waals surface area (Å²) >= 11 is 1.81. The van der Waals surface area contributed by atoms with E-state index < -0.39 is 0 Å². The minimum atomic E-state index is 0.199. The molecule has 0 spiro atoms. The predicted molar refractivity (Wildman–Crippen MR) is 306 cm³/mol. The van der Waals surface area contributed by atoms with Crippen LogP contribution in [-0.2, 0) is 25.8 Å². The summed E-state index contributed by atoms with van der Waals surface area (Å²) in [7, 11) is 0. The summed E-state index contributed by atoms with van der Waals surface area (Å²) in [5.74, 6) is 5.58. The lowest BCUT2D eigenvalue weighted by molar-refractivity contribution is 0.415. The molecular formula is C62H91N5O4S. The normalized spacial score (nSPS) is 18.2. The van der Waals surface area contributed by atoms with Crippen LogP contribution in [0.1, 0.15) is 134 Å². The molecule has 2 fully saturated rings. The van der Waals surface area contributed by atoms with Gasteiger partial charge in [0.05, 0.1) is 0 Å². The van der Waals surface area contributed by atoms with E-state index in [0.717, 1.165) is 44.3 Å².